The van der Waals surface area contributed by atoms with Crippen LogP contribution in [0, 0.1) is 0 Å². The van der Waals surface area contributed by atoms with E-state index in [-0.39, 0.29) is 82.1 Å². The molecule has 1 aliphatic rings. The number of aliphatic carboxylic acids is 1. The number of H-pyrrole nitrogens is 1. The van der Waals surface area contributed by atoms with Gasteiger partial charge in [-0.1, -0.05) is 70.1 Å². The number of para-hydroxylation sites is 1. The Morgan fingerprint density at radius 3 is 1.93 bits per heavy atom. The van der Waals surface area contributed by atoms with Crippen molar-refractivity contribution >= 4 is 91.7 Å². The fraction of sp³-hybridized carbons (Fsp3) is 0.478. The van der Waals surface area contributed by atoms with Gasteiger partial charge in [-0.15, -0.1) is 0 Å². The lowest BCUT2D eigenvalue weighted by molar-refractivity contribution is -0.143. The number of fused-ring (bicyclic) bond motifs is 1. The van der Waals surface area contributed by atoms with Crippen molar-refractivity contribution < 1.29 is 43.5 Å². The second-order valence-corrected chi connectivity index (χ2v) is 20.7. The molecule has 7 atom stereocenters. The van der Waals surface area contributed by atoms with Gasteiger partial charge in [0.05, 0.1) is 10.8 Å². The van der Waals surface area contributed by atoms with Crippen molar-refractivity contribution in [3.8, 4) is 0 Å². The van der Waals surface area contributed by atoms with Gasteiger partial charge in [-0.05, 0) is 69.6 Å². The first kappa shape index (κ1) is 57.5. The van der Waals surface area contributed by atoms with E-state index in [0.29, 0.717) is 17.5 Å². The van der Waals surface area contributed by atoms with Crippen LogP contribution in [0.4, 0.5) is 0 Å². The van der Waals surface area contributed by atoms with Crippen molar-refractivity contribution in [2.45, 2.75) is 119 Å². The number of carbonyl (C=O) groups excluding carboxylic acids is 7. The fourth-order valence-electron chi connectivity index (χ4n) is 7.59. The summed E-state index contributed by atoms with van der Waals surface area (Å²) >= 11 is 0. The van der Waals surface area contributed by atoms with E-state index in [1.165, 1.54) is 0 Å². The molecule has 2 heterocycles. The van der Waals surface area contributed by atoms with Crippen molar-refractivity contribution in [3.05, 3.63) is 71.9 Å². The number of rotatable bonds is 18. The molecule has 2 aromatic carbocycles. The number of carboxylic acids is 1. The number of nitrogens with zero attached hydrogens (tertiary/aromatic N) is 2. The van der Waals surface area contributed by atoms with Gasteiger partial charge in [0.2, 0.25) is 41.4 Å². The first-order valence-corrected chi connectivity index (χ1v) is 25.6. The van der Waals surface area contributed by atoms with Crippen LogP contribution in [0.3, 0.4) is 0 Å². The normalized spacial score (nSPS) is 22.0. The Balaban J connectivity index is 1.81. The van der Waals surface area contributed by atoms with E-state index < -0.39 is 94.4 Å². The lowest BCUT2D eigenvalue weighted by Gasteiger charge is -2.32. The van der Waals surface area contributed by atoms with Gasteiger partial charge in [0.15, 0.2) is 11.9 Å². The number of amides is 7. The summed E-state index contributed by atoms with van der Waals surface area (Å²) in [6, 6.07) is 6.18. The minimum absolute atomic E-state index is 0.0462. The molecule has 0 saturated carbocycles. The molecule has 1 aromatic heterocycles. The SMILES string of the molecule is CC1(C)SSCC[C@H](NC(=O)[C@@H](N)CCCN=C(N)N)C(=O)N[C@@H](CCC(N)=O)C(=O)N[C@H](Cc2ccccc2)C(=O)N[C@@H](CCCN=C(N)N)C(=O)N[C@@H](Cc2c[nH]c3ccccc23)C(=O)N[C@@H]1C(=O)O. The molecule has 3 aromatic rings. The van der Waals surface area contributed by atoms with Gasteiger partial charge in [0, 0.05) is 55.2 Å². The Kier molecular flexibility index (Phi) is 22.4. The zero-order valence-corrected chi connectivity index (χ0v) is 41.8. The highest BCUT2D eigenvalue weighted by Crippen LogP contribution is 2.39. The van der Waals surface area contributed by atoms with Gasteiger partial charge in [0.25, 0.3) is 0 Å². The quantitative estimate of drug-likeness (QED) is 0.0290. The fourth-order valence-corrected chi connectivity index (χ4v) is 10.3. The molecule has 26 heteroatoms. The minimum atomic E-state index is -1.55. The first-order chi connectivity index (χ1) is 34.1. The number of benzene rings is 2. The summed E-state index contributed by atoms with van der Waals surface area (Å²) in [7, 11) is 2.23. The third-order valence-corrected chi connectivity index (χ3v) is 14.8. The van der Waals surface area contributed by atoms with E-state index in [4.69, 9.17) is 34.4 Å². The molecule has 20 N–H and O–H groups in total. The topological polar surface area (TPSA) is 426 Å². The number of hydrogen-bond donors (Lipinski definition) is 14. The number of guanidine groups is 2. The van der Waals surface area contributed by atoms with Crippen molar-refractivity contribution in [3.63, 3.8) is 0 Å². The predicted octanol–water partition coefficient (Wildman–Crippen LogP) is -1.79. The summed E-state index contributed by atoms with van der Waals surface area (Å²) in [4.78, 5) is 122. The van der Waals surface area contributed by atoms with Crippen molar-refractivity contribution in [1.29, 1.82) is 0 Å². The summed E-state index contributed by atoms with van der Waals surface area (Å²) in [5.74, 6) is -7.42. The molecular weight excluding hydrogens is 971 g/mol. The van der Waals surface area contributed by atoms with Gasteiger partial charge in [-0.2, -0.15) is 0 Å². The molecule has 72 heavy (non-hydrogen) atoms. The number of aromatic amines is 1. The third-order valence-electron chi connectivity index (χ3n) is 11.5. The number of aliphatic imine (C=N–C) groups is 2. The predicted molar refractivity (Wildman–Crippen MR) is 276 cm³/mol. The molecule has 1 aliphatic heterocycles. The van der Waals surface area contributed by atoms with E-state index >= 15 is 0 Å². The van der Waals surface area contributed by atoms with Crippen LogP contribution in [0.2, 0.25) is 0 Å². The van der Waals surface area contributed by atoms with Crippen LogP contribution in [0.1, 0.15) is 69.9 Å². The summed E-state index contributed by atoms with van der Waals surface area (Å²) in [6.07, 6.45) is 1.20. The first-order valence-electron chi connectivity index (χ1n) is 23.2. The van der Waals surface area contributed by atoms with Gasteiger partial charge in [-0.25, -0.2) is 4.79 Å². The van der Waals surface area contributed by atoms with Crippen molar-refractivity contribution in [1.82, 2.24) is 36.9 Å². The smallest absolute Gasteiger partial charge is 0.327 e. The molecule has 4 rings (SSSR count). The molecule has 0 radical (unpaired) electrons. The maximum absolute atomic E-state index is 14.5. The largest absolute Gasteiger partial charge is 0.480 e. The van der Waals surface area contributed by atoms with Gasteiger partial charge in [0.1, 0.15) is 36.3 Å². The zero-order chi connectivity index (χ0) is 53.0. The highest BCUT2D eigenvalue weighted by atomic mass is 33.1. The molecule has 0 bridgehead atoms. The van der Waals surface area contributed by atoms with Crippen LogP contribution in [-0.4, -0.2) is 135 Å². The summed E-state index contributed by atoms with van der Waals surface area (Å²) in [6.45, 7) is 3.42. The van der Waals surface area contributed by atoms with Crippen LogP contribution in [0.15, 0.2) is 70.8 Å². The minimum Gasteiger partial charge on any atom is -0.480 e. The van der Waals surface area contributed by atoms with E-state index in [0.717, 1.165) is 32.5 Å². The van der Waals surface area contributed by atoms with Crippen molar-refractivity contribution in [2.24, 2.45) is 44.4 Å². The van der Waals surface area contributed by atoms with Crippen LogP contribution in [0.25, 0.3) is 10.9 Å². The summed E-state index contributed by atoms with van der Waals surface area (Å²) in [5, 5.41) is 27.4. The van der Waals surface area contributed by atoms with Gasteiger partial charge < -0.3 is 76.4 Å². The highest BCUT2D eigenvalue weighted by molar-refractivity contribution is 8.77. The number of carboxylic acid groups (broad SMARTS) is 1. The van der Waals surface area contributed by atoms with Crippen LogP contribution in [0.5, 0.6) is 0 Å². The van der Waals surface area contributed by atoms with Crippen LogP contribution < -0.4 is 66.3 Å². The molecule has 7 amide bonds. The second-order valence-electron chi connectivity index (χ2n) is 17.6. The van der Waals surface area contributed by atoms with E-state index in [2.05, 4.69) is 46.9 Å². The number of carbonyl (C=O) groups is 8. The molecular formula is C46H67N15O9S2. The molecule has 1 fully saturated rings. The average molecular weight is 1040 g/mol. The number of nitrogens with one attached hydrogen (secondary N) is 7. The third kappa shape index (κ3) is 18.6. The Bertz CT molecular complexity index is 2430. The summed E-state index contributed by atoms with van der Waals surface area (Å²) in [5.41, 5.74) is 35.6. The molecule has 392 valence electrons. The lowest BCUT2D eigenvalue weighted by atomic mass is 10.00. The second kappa shape index (κ2) is 28.1. The Morgan fingerprint density at radius 1 is 0.736 bits per heavy atom. The number of hydrogen-bond acceptors (Lipinski definition) is 13. The summed E-state index contributed by atoms with van der Waals surface area (Å²) < 4.78 is -1.26. The van der Waals surface area contributed by atoms with Gasteiger partial charge in [-0.3, -0.25) is 43.5 Å². The zero-order valence-electron chi connectivity index (χ0n) is 40.2. The molecule has 0 unspecified atom stereocenters. The Labute approximate surface area is 424 Å². The molecule has 0 aliphatic carbocycles. The molecule has 24 nitrogen and oxygen atoms in total. The Hall–Kier alpha value is -7.06. The standard InChI is InChI=1S/C46H67N15O9S2/c1-46(2)36(43(69)70)61-42(68)34(23-26-24-55-29-14-7-6-12-27(26)29)60-38(64)30(15-9-20-54-45(51)52)57-41(67)33(22-25-10-4-3-5-11-25)59-39(65)31(16-17-35(48)62)58-40(66)32(18-21-71-72-46)56-37(63)28(47)13-8-19-53-44(49)50/h3-7,10-12,14,24,28,30-34,36,55H,8-9,13,15-23,47H2,1-2H3,(H2,48,62)(H,56,63)(H,57,67)(H,58,66)(H,59,65)(H,60,64)(H,61,68)(H,69,70)(H4,49,50,53)(H4,51,52,54)/t28-,30-,31-,32-,33+,34-,36+/m0/s1. The van der Waals surface area contributed by atoms with E-state index in [1.54, 1.807) is 56.4 Å². The number of nitrogens with two attached hydrogens (primary N) is 6. The lowest BCUT2D eigenvalue weighted by Crippen LogP contribution is -2.61. The molecule has 1 saturated heterocycles. The average Bonchev–Trinajstić information content (AvgIpc) is 3.73. The maximum atomic E-state index is 14.5. The Morgan fingerprint density at radius 2 is 1.29 bits per heavy atom. The van der Waals surface area contributed by atoms with E-state index in [1.807, 2.05) is 18.2 Å². The number of aromatic nitrogens is 1. The monoisotopic (exact) mass is 1040 g/mol. The van der Waals surface area contributed by atoms with E-state index in [9.17, 15) is 43.5 Å². The molecule has 0 spiro atoms. The van der Waals surface area contributed by atoms with Gasteiger partial charge >= 0.3 is 5.97 Å². The van der Waals surface area contributed by atoms with Crippen LogP contribution in [-0.2, 0) is 51.2 Å². The van der Waals surface area contributed by atoms with Crippen molar-refractivity contribution in [2.75, 3.05) is 18.8 Å². The highest BCUT2D eigenvalue weighted by Gasteiger charge is 2.40. The van der Waals surface area contributed by atoms with Crippen LogP contribution >= 0.6 is 21.6 Å². The number of primary amides is 1. The maximum Gasteiger partial charge on any atom is 0.327 e.